The standard InChI is InChI=1S/C14H20F2N2O/c1-14(6-7-18(2)3)9-17-12-5-4-10(8-11(12)14)19-13(15)16/h4-5,8,13,17H,6-7,9H2,1-3H3. The Morgan fingerprint density at radius 2 is 2.16 bits per heavy atom. The summed E-state index contributed by atoms with van der Waals surface area (Å²) in [5, 5.41) is 3.33. The largest absolute Gasteiger partial charge is 0.435 e. The van der Waals surface area contributed by atoms with Crippen LogP contribution in [0.1, 0.15) is 18.9 Å². The number of anilines is 1. The molecule has 1 unspecified atom stereocenters. The first-order valence-electron chi connectivity index (χ1n) is 6.39. The summed E-state index contributed by atoms with van der Waals surface area (Å²) in [4.78, 5) is 2.13. The zero-order chi connectivity index (χ0) is 14.0. The van der Waals surface area contributed by atoms with E-state index in [1.54, 1.807) is 12.1 Å². The van der Waals surface area contributed by atoms with Gasteiger partial charge in [-0.1, -0.05) is 6.92 Å². The van der Waals surface area contributed by atoms with Gasteiger partial charge in [0.15, 0.2) is 0 Å². The number of hydrogen-bond donors (Lipinski definition) is 1. The molecule has 0 radical (unpaired) electrons. The number of rotatable bonds is 5. The number of nitrogens with one attached hydrogen (secondary N) is 1. The van der Waals surface area contributed by atoms with Crippen LogP contribution in [0.2, 0.25) is 0 Å². The second kappa shape index (κ2) is 5.33. The van der Waals surface area contributed by atoms with E-state index in [4.69, 9.17) is 0 Å². The zero-order valence-corrected chi connectivity index (χ0v) is 11.5. The molecule has 0 bridgehead atoms. The summed E-state index contributed by atoms with van der Waals surface area (Å²) in [6.45, 7) is 1.16. The molecule has 19 heavy (non-hydrogen) atoms. The maximum Gasteiger partial charge on any atom is 0.387 e. The summed E-state index contributed by atoms with van der Waals surface area (Å²) in [5.74, 6) is 0.230. The van der Waals surface area contributed by atoms with Gasteiger partial charge in [0.05, 0.1) is 0 Å². The first-order chi connectivity index (χ1) is 8.90. The van der Waals surface area contributed by atoms with E-state index in [0.29, 0.717) is 0 Å². The molecule has 0 aromatic heterocycles. The van der Waals surface area contributed by atoms with E-state index >= 15 is 0 Å². The quantitative estimate of drug-likeness (QED) is 0.890. The second-order valence-corrected chi connectivity index (χ2v) is 5.55. The van der Waals surface area contributed by atoms with Crippen LogP contribution in [0.3, 0.4) is 0 Å². The van der Waals surface area contributed by atoms with Crippen molar-refractivity contribution in [1.29, 1.82) is 0 Å². The monoisotopic (exact) mass is 270 g/mol. The molecule has 0 amide bonds. The number of halogens is 2. The minimum Gasteiger partial charge on any atom is -0.435 e. The molecule has 106 valence electrons. The number of nitrogens with zero attached hydrogens (tertiary/aromatic N) is 1. The van der Waals surface area contributed by atoms with Gasteiger partial charge in [0.1, 0.15) is 5.75 Å². The van der Waals surface area contributed by atoms with Crippen molar-refractivity contribution in [3.8, 4) is 5.75 Å². The van der Waals surface area contributed by atoms with Crippen LogP contribution >= 0.6 is 0 Å². The van der Waals surface area contributed by atoms with Gasteiger partial charge in [-0.25, -0.2) is 0 Å². The third-order valence-electron chi connectivity index (χ3n) is 3.65. The second-order valence-electron chi connectivity index (χ2n) is 5.55. The molecule has 1 heterocycles. The molecule has 3 nitrogen and oxygen atoms in total. The van der Waals surface area contributed by atoms with Crippen LogP contribution in [0.25, 0.3) is 0 Å². The Bertz CT molecular complexity index is 451. The molecule has 0 aliphatic carbocycles. The summed E-state index contributed by atoms with van der Waals surface area (Å²) < 4.78 is 29.0. The highest BCUT2D eigenvalue weighted by Crippen LogP contribution is 2.41. The molecule has 1 aromatic rings. The Kier molecular flexibility index (Phi) is 3.94. The summed E-state index contributed by atoms with van der Waals surface area (Å²) in [6.07, 6.45) is 0.970. The van der Waals surface area contributed by atoms with Gasteiger partial charge in [-0.2, -0.15) is 8.78 Å². The van der Waals surface area contributed by atoms with Crippen LogP contribution in [0, 0.1) is 0 Å². The molecule has 1 atom stereocenters. The molecule has 5 heteroatoms. The number of ether oxygens (including phenoxy) is 1. The highest BCUT2D eigenvalue weighted by Gasteiger charge is 2.34. The summed E-state index contributed by atoms with van der Waals surface area (Å²) in [5.41, 5.74) is 2.04. The Morgan fingerprint density at radius 3 is 2.79 bits per heavy atom. The molecular weight excluding hydrogens is 250 g/mol. The van der Waals surface area contributed by atoms with Crippen molar-refractivity contribution in [1.82, 2.24) is 4.90 Å². The van der Waals surface area contributed by atoms with E-state index in [1.165, 1.54) is 0 Å². The number of fused-ring (bicyclic) bond motifs is 1. The molecule has 1 aliphatic rings. The molecule has 1 aromatic carbocycles. The van der Waals surface area contributed by atoms with Gasteiger partial charge < -0.3 is 15.0 Å². The van der Waals surface area contributed by atoms with Crippen LogP contribution < -0.4 is 10.1 Å². The number of alkyl halides is 2. The van der Waals surface area contributed by atoms with E-state index in [9.17, 15) is 8.78 Å². The SMILES string of the molecule is CN(C)CCC1(C)CNc2ccc(OC(F)F)cc21. The fraction of sp³-hybridized carbons (Fsp3) is 0.571. The molecule has 1 N–H and O–H groups in total. The van der Waals surface area contributed by atoms with E-state index in [-0.39, 0.29) is 11.2 Å². The van der Waals surface area contributed by atoms with Crippen molar-refractivity contribution in [2.45, 2.75) is 25.4 Å². The van der Waals surface area contributed by atoms with Gasteiger partial charge >= 0.3 is 6.61 Å². The number of hydrogen-bond acceptors (Lipinski definition) is 3. The average Bonchev–Trinajstić information content (AvgIpc) is 2.65. The summed E-state index contributed by atoms with van der Waals surface area (Å²) in [7, 11) is 4.06. The molecule has 0 saturated carbocycles. The topological polar surface area (TPSA) is 24.5 Å². The van der Waals surface area contributed by atoms with Gasteiger partial charge in [-0.3, -0.25) is 0 Å². The minimum atomic E-state index is -2.78. The minimum absolute atomic E-state index is 0.0406. The van der Waals surface area contributed by atoms with Crippen LogP contribution in [-0.4, -0.2) is 38.7 Å². The van der Waals surface area contributed by atoms with Gasteiger partial charge in [-0.05, 0) is 50.8 Å². The Morgan fingerprint density at radius 1 is 1.42 bits per heavy atom. The Hall–Kier alpha value is -1.36. The molecular formula is C14H20F2N2O. The van der Waals surface area contributed by atoms with Crippen molar-refractivity contribution in [3.05, 3.63) is 23.8 Å². The maximum atomic E-state index is 12.3. The first-order valence-corrected chi connectivity index (χ1v) is 6.39. The van der Waals surface area contributed by atoms with Gasteiger partial charge in [-0.15, -0.1) is 0 Å². The summed E-state index contributed by atoms with van der Waals surface area (Å²) >= 11 is 0. The van der Waals surface area contributed by atoms with Crippen LogP contribution in [0.5, 0.6) is 5.75 Å². The van der Waals surface area contributed by atoms with Crippen molar-refractivity contribution in [3.63, 3.8) is 0 Å². The van der Waals surface area contributed by atoms with Crippen molar-refractivity contribution in [2.24, 2.45) is 0 Å². The lowest BCUT2D eigenvalue weighted by Gasteiger charge is -2.26. The maximum absolute atomic E-state index is 12.3. The lowest BCUT2D eigenvalue weighted by Crippen LogP contribution is -2.29. The van der Waals surface area contributed by atoms with Gasteiger partial charge in [0, 0.05) is 17.6 Å². The lowest BCUT2D eigenvalue weighted by molar-refractivity contribution is -0.0499. The van der Waals surface area contributed by atoms with Crippen LogP contribution in [0.15, 0.2) is 18.2 Å². The average molecular weight is 270 g/mol. The fourth-order valence-corrected chi connectivity index (χ4v) is 2.43. The highest BCUT2D eigenvalue weighted by atomic mass is 19.3. The normalized spacial score (nSPS) is 21.6. The summed E-state index contributed by atoms with van der Waals surface area (Å²) in [6, 6.07) is 5.13. The smallest absolute Gasteiger partial charge is 0.387 e. The fourth-order valence-electron chi connectivity index (χ4n) is 2.43. The lowest BCUT2D eigenvalue weighted by atomic mass is 9.81. The van der Waals surface area contributed by atoms with E-state index < -0.39 is 6.61 Å². The Labute approximate surface area is 112 Å². The van der Waals surface area contributed by atoms with Crippen molar-refractivity contribution < 1.29 is 13.5 Å². The van der Waals surface area contributed by atoms with Crippen LogP contribution in [-0.2, 0) is 5.41 Å². The highest BCUT2D eigenvalue weighted by molar-refractivity contribution is 5.62. The molecule has 0 fully saturated rings. The molecule has 0 saturated heterocycles. The van der Waals surface area contributed by atoms with E-state index in [2.05, 4.69) is 21.9 Å². The third-order valence-corrected chi connectivity index (χ3v) is 3.65. The van der Waals surface area contributed by atoms with Crippen LogP contribution in [0.4, 0.5) is 14.5 Å². The Balaban J connectivity index is 2.21. The molecule has 2 rings (SSSR count). The van der Waals surface area contributed by atoms with E-state index in [0.717, 1.165) is 30.8 Å². The van der Waals surface area contributed by atoms with Crippen molar-refractivity contribution >= 4 is 5.69 Å². The molecule has 1 aliphatic heterocycles. The predicted octanol–water partition coefficient (Wildman–Crippen LogP) is 2.92. The third kappa shape index (κ3) is 3.15. The van der Waals surface area contributed by atoms with E-state index in [1.807, 2.05) is 20.2 Å². The zero-order valence-electron chi connectivity index (χ0n) is 11.5. The van der Waals surface area contributed by atoms with Crippen molar-refractivity contribution in [2.75, 3.05) is 32.5 Å². The van der Waals surface area contributed by atoms with Gasteiger partial charge in [0.2, 0.25) is 0 Å². The molecule has 0 spiro atoms. The first kappa shape index (κ1) is 14.1. The van der Waals surface area contributed by atoms with Gasteiger partial charge in [0.25, 0.3) is 0 Å². The predicted molar refractivity (Wildman–Crippen MR) is 72.1 cm³/mol. The number of benzene rings is 1.